The lowest BCUT2D eigenvalue weighted by atomic mass is 10.1. The van der Waals surface area contributed by atoms with Crippen molar-refractivity contribution in [2.45, 2.75) is 6.42 Å². The van der Waals surface area contributed by atoms with Crippen LogP contribution in [0.1, 0.15) is 5.56 Å². The predicted molar refractivity (Wildman–Crippen MR) is 67.4 cm³/mol. The fraction of sp³-hybridized carbons (Fsp3) is 0.333. The summed E-state index contributed by atoms with van der Waals surface area (Å²) >= 11 is 3.37. The maximum atomic E-state index is 12.0. The minimum Gasteiger partial charge on any atom is -0.353 e. The molecule has 0 radical (unpaired) electrons. The summed E-state index contributed by atoms with van der Waals surface area (Å²) in [5.74, 6) is -0.0863. The van der Waals surface area contributed by atoms with Crippen LogP contribution < -0.4 is 5.32 Å². The van der Waals surface area contributed by atoms with E-state index in [1.165, 1.54) is 0 Å². The van der Waals surface area contributed by atoms with E-state index < -0.39 is 0 Å². The summed E-state index contributed by atoms with van der Waals surface area (Å²) in [5.41, 5.74) is 0.954. The SMILES string of the molecule is O=C1CN(C(=O)Cc2cccc(Br)c2)CCN1. The summed E-state index contributed by atoms with van der Waals surface area (Å²) in [6.07, 6.45) is 0.340. The van der Waals surface area contributed by atoms with Crippen molar-refractivity contribution in [2.24, 2.45) is 0 Å². The van der Waals surface area contributed by atoms with Gasteiger partial charge in [-0.15, -0.1) is 0 Å². The lowest BCUT2D eigenvalue weighted by Crippen LogP contribution is -2.50. The number of benzene rings is 1. The third-order valence-electron chi connectivity index (χ3n) is 2.64. The summed E-state index contributed by atoms with van der Waals surface area (Å²) < 4.78 is 0.958. The molecule has 5 heteroatoms. The van der Waals surface area contributed by atoms with Gasteiger partial charge in [0, 0.05) is 17.6 Å². The normalized spacial score (nSPS) is 15.6. The highest BCUT2D eigenvalue weighted by Crippen LogP contribution is 2.13. The number of nitrogens with one attached hydrogen (secondary N) is 1. The fourth-order valence-electron chi connectivity index (χ4n) is 1.78. The van der Waals surface area contributed by atoms with Crippen LogP contribution in [0.5, 0.6) is 0 Å². The van der Waals surface area contributed by atoms with Gasteiger partial charge in [-0.25, -0.2) is 0 Å². The van der Waals surface area contributed by atoms with Gasteiger partial charge in [0.15, 0.2) is 0 Å². The number of rotatable bonds is 2. The van der Waals surface area contributed by atoms with Gasteiger partial charge >= 0.3 is 0 Å². The molecule has 2 amide bonds. The van der Waals surface area contributed by atoms with E-state index in [0.717, 1.165) is 10.0 Å². The van der Waals surface area contributed by atoms with Crippen LogP contribution in [0.25, 0.3) is 0 Å². The van der Waals surface area contributed by atoms with Gasteiger partial charge in [-0.05, 0) is 17.7 Å². The number of carbonyl (C=O) groups excluding carboxylic acids is 2. The first kappa shape index (κ1) is 12.1. The average molecular weight is 297 g/mol. The first-order valence-corrected chi connectivity index (χ1v) is 6.23. The zero-order valence-corrected chi connectivity index (χ0v) is 10.9. The number of hydrogen-bond donors (Lipinski definition) is 1. The maximum Gasteiger partial charge on any atom is 0.239 e. The second kappa shape index (κ2) is 5.31. The first-order chi connectivity index (χ1) is 8.15. The number of piperazine rings is 1. The molecule has 2 rings (SSSR count). The van der Waals surface area contributed by atoms with Crippen LogP contribution in [0.2, 0.25) is 0 Å². The molecule has 0 atom stereocenters. The smallest absolute Gasteiger partial charge is 0.239 e. The highest BCUT2D eigenvalue weighted by atomic mass is 79.9. The molecule has 1 aromatic carbocycles. The molecule has 1 fully saturated rings. The predicted octanol–water partition coefficient (Wildman–Crippen LogP) is 0.950. The highest BCUT2D eigenvalue weighted by Gasteiger charge is 2.20. The fourth-order valence-corrected chi connectivity index (χ4v) is 2.23. The van der Waals surface area contributed by atoms with Crippen LogP contribution >= 0.6 is 15.9 Å². The highest BCUT2D eigenvalue weighted by molar-refractivity contribution is 9.10. The van der Waals surface area contributed by atoms with E-state index in [4.69, 9.17) is 0 Å². The van der Waals surface area contributed by atoms with Gasteiger partial charge in [-0.2, -0.15) is 0 Å². The Morgan fingerprint density at radius 1 is 1.47 bits per heavy atom. The molecule has 17 heavy (non-hydrogen) atoms. The van der Waals surface area contributed by atoms with E-state index in [1.807, 2.05) is 24.3 Å². The van der Waals surface area contributed by atoms with Crippen LogP contribution in [0.4, 0.5) is 0 Å². The van der Waals surface area contributed by atoms with Crippen molar-refractivity contribution in [1.82, 2.24) is 10.2 Å². The molecule has 1 heterocycles. The van der Waals surface area contributed by atoms with Gasteiger partial charge in [0.2, 0.25) is 11.8 Å². The number of amides is 2. The standard InChI is InChI=1S/C12H13BrN2O2/c13-10-3-1-2-9(6-10)7-12(17)15-5-4-14-11(16)8-15/h1-3,6H,4-5,7-8H2,(H,14,16). The Hall–Kier alpha value is -1.36. The van der Waals surface area contributed by atoms with Gasteiger partial charge in [0.05, 0.1) is 13.0 Å². The minimum absolute atomic E-state index is 0.00190. The van der Waals surface area contributed by atoms with Crippen LogP contribution in [0.15, 0.2) is 28.7 Å². The monoisotopic (exact) mass is 296 g/mol. The van der Waals surface area contributed by atoms with Crippen molar-refractivity contribution in [3.8, 4) is 0 Å². The van der Waals surface area contributed by atoms with Crippen LogP contribution in [0.3, 0.4) is 0 Å². The van der Waals surface area contributed by atoms with Gasteiger partial charge in [-0.1, -0.05) is 28.1 Å². The van der Waals surface area contributed by atoms with Crippen molar-refractivity contribution in [2.75, 3.05) is 19.6 Å². The van der Waals surface area contributed by atoms with Crippen LogP contribution in [-0.2, 0) is 16.0 Å². The Bertz CT molecular complexity index is 448. The largest absolute Gasteiger partial charge is 0.353 e. The Morgan fingerprint density at radius 3 is 3.00 bits per heavy atom. The maximum absolute atomic E-state index is 12.0. The molecule has 0 spiro atoms. The Balaban J connectivity index is 1.99. The van der Waals surface area contributed by atoms with Crippen molar-refractivity contribution >= 4 is 27.7 Å². The van der Waals surface area contributed by atoms with Crippen molar-refractivity contribution in [3.05, 3.63) is 34.3 Å². The van der Waals surface area contributed by atoms with Crippen molar-refractivity contribution in [1.29, 1.82) is 0 Å². The molecule has 1 N–H and O–H groups in total. The zero-order chi connectivity index (χ0) is 12.3. The number of halogens is 1. The first-order valence-electron chi connectivity index (χ1n) is 5.44. The van der Waals surface area contributed by atoms with E-state index in [1.54, 1.807) is 4.90 Å². The Kier molecular flexibility index (Phi) is 3.78. The van der Waals surface area contributed by atoms with Crippen molar-refractivity contribution in [3.63, 3.8) is 0 Å². The topological polar surface area (TPSA) is 49.4 Å². The van der Waals surface area contributed by atoms with Gasteiger partial charge in [-0.3, -0.25) is 9.59 Å². The van der Waals surface area contributed by atoms with E-state index in [9.17, 15) is 9.59 Å². The van der Waals surface area contributed by atoms with E-state index in [0.29, 0.717) is 19.5 Å². The Labute approximate surface area is 108 Å². The van der Waals surface area contributed by atoms with E-state index in [2.05, 4.69) is 21.2 Å². The molecule has 90 valence electrons. The summed E-state index contributed by atoms with van der Waals surface area (Å²) in [4.78, 5) is 24.7. The molecular weight excluding hydrogens is 284 g/mol. The second-order valence-electron chi connectivity index (χ2n) is 3.97. The number of nitrogens with zero attached hydrogens (tertiary/aromatic N) is 1. The zero-order valence-electron chi connectivity index (χ0n) is 9.28. The molecule has 0 saturated carbocycles. The number of carbonyl (C=O) groups is 2. The molecule has 1 aliphatic heterocycles. The van der Waals surface area contributed by atoms with Crippen LogP contribution in [0, 0.1) is 0 Å². The van der Waals surface area contributed by atoms with Crippen LogP contribution in [-0.4, -0.2) is 36.3 Å². The lowest BCUT2D eigenvalue weighted by molar-refractivity contribution is -0.137. The average Bonchev–Trinajstić information content (AvgIpc) is 2.29. The minimum atomic E-state index is -0.0844. The van der Waals surface area contributed by atoms with E-state index in [-0.39, 0.29) is 18.4 Å². The second-order valence-corrected chi connectivity index (χ2v) is 4.89. The molecule has 4 nitrogen and oxygen atoms in total. The molecule has 0 unspecified atom stereocenters. The quantitative estimate of drug-likeness (QED) is 0.883. The summed E-state index contributed by atoms with van der Waals surface area (Å²) in [5, 5.41) is 2.70. The summed E-state index contributed by atoms with van der Waals surface area (Å²) in [7, 11) is 0. The van der Waals surface area contributed by atoms with Gasteiger partial charge in [0.25, 0.3) is 0 Å². The third kappa shape index (κ3) is 3.30. The van der Waals surface area contributed by atoms with Crippen molar-refractivity contribution < 1.29 is 9.59 Å². The molecule has 1 aromatic rings. The molecular formula is C12H13BrN2O2. The molecule has 1 saturated heterocycles. The summed E-state index contributed by atoms with van der Waals surface area (Å²) in [6.45, 7) is 1.31. The lowest BCUT2D eigenvalue weighted by Gasteiger charge is -2.26. The number of hydrogen-bond acceptors (Lipinski definition) is 2. The molecule has 0 bridgehead atoms. The molecule has 0 aromatic heterocycles. The third-order valence-corrected chi connectivity index (χ3v) is 3.13. The van der Waals surface area contributed by atoms with Gasteiger partial charge < -0.3 is 10.2 Å². The molecule has 0 aliphatic carbocycles. The summed E-state index contributed by atoms with van der Waals surface area (Å²) in [6, 6.07) is 7.65. The Morgan fingerprint density at radius 2 is 2.29 bits per heavy atom. The van der Waals surface area contributed by atoms with E-state index >= 15 is 0 Å². The molecule has 1 aliphatic rings. The van der Waals surface area contributed by atoms with Gasteiger partial charge in [0.1, 0.15) is 0 Å².